The summed E-state index contributed by atoms with van der Waals surface area (Å²) < 4.78 is 59.5. The fourth-order valence-corrected chi connectivity index (χ4v) is 3.70. The maximum Gasteiger partial charge on any atom is 0.416 e. The maximum atomic E-state index is 14.4. The summed E-state index contributed by atoms with van der Waals surface area (Å²) in [4.78, 5) is 26.7. The number of morpholine rings is 1. The van der Waals surface area contributed by atoms with Gasteiger partial charge in [-0.05, 0) is 36.4 Å². The van der Waals surface area contributed by atoms with Gasteiger partial charge in [0.25, 0.3) is 11.5 Å². The van der Waals surface area contributed by atoms with Crippen LogP contribution in [0.5, 0.6) is 0 Å². The molecule has 0 saturated carbocycles. The van der Waals surface area contributed by atoms with Crippen molar-refractivity contribution in [3.8, 4) is 17.3 Å². The van der Waals surface area contributed by atoms with Crippen LogP contribution in [0.1, 0.15) is 5.56 Å². The van der Waals surface area contributed by atoms with E-state index in [4.69, 9.17) is 4.74 Å². The van der Waals surface area contributed by atoms with Crippen molar-refractivity contribution in [1.29, 1.82) is 0 Å². The minimum Gasteiger partial charge on any atom is -0.378 e. The van der Waals surface area contributed by atoms with E-state index >= 15 is 0 Å². The van der Waals surface area contributed by atoms with E-state index < -0.39 is 23.1 Å². The minimum absolute atomic E-state index is 0.0514. The number of halogens is 4. The van der Waals surface area contributed by atoms with Gasteiger partial charge in [-0.1, -0.05) is 6.07 Å². The van der Waals surface area contributed by atoms with Crippen LogP contribution in [0.3, 0.4) is 0 Å². The van der Waals surface area contributed by atoms with E-state index in [0.717, 1.165) is 23.0 Å². The molecule has 0 aliphatic carbocycles. The standard InChI is InChI=1S/C24H19F4N7O2/c25-18-14-30-23(32-22(18)34-8-10-37-11-9-34)35-21(36)7-6-20(33-35)19-5-4-17(13-29-19)31-16-3-1-2-15(12-16)24(26,27)28/h1-7,12-14,31H,8-11H2. The Morgan fingerprint density at radius 3 is 2.43 bits per heavy atom. The second kappa shape index (κ2) is 9.93. The van der Waals surface area contributed by atoms with E-state index in [1.807, 2.05) is 0 Å². The summed E-state index contributed by atoms with van der Waals surface area (Å²) in [5, 5.41) is 7.16. The van der Waals surface area contributed by atoms with Crippen LogP contribution in [0.15, 0.2) is 65.7 Å². The Kier molecular flexibility index (Phi) is 6.53. The Balaban J connectivity index is 1.40. The molecule has 4 aromatic rings. The van der Waals surface area contributed by atoms with Crippen LogP contribution in [0.2, 0.25) is 0 Å². The van der Waals surface area contributed by atoms with Gasteiger partial charge in [0.1, 0.15) is 5.69 Å². The van der Waals surface area contributed by atoms with Crippen LogP contribution in [0, 0.1) is 5.82 Å². The first-order chi connectivity index (χ1) is 17.8. The summed E-state index contributed by atoms with van der Waals surface area (Å²) in [5.41, 5.74) is 0.110. The van der Waals surface area contributed by atoms with Crippen LogP contribution < -0.4 is 15.8 Å². The van der Waals surface area contributed by atoms with Gasteiger partial charge in [0.15, 0.2) is 11.6 Å². The predicted octanol–water partition coefficient (Wildman–Crippen LogP) is 3.82. The molecule has 0 atom stereocenters. The molecule has 1 fully saturated rings. The lowest BCUT2D eigenvalue weighted by atomic mass is 10.2. The third-order valence-electron chi connectivity index (χ3n) is 5.52. The highest BCUT2D eigenvalue weighted by Crippen LogP contribution is 2.31. The second-order valence-electron chi connectivity index (χ2n) is 8.05. The number of anilines is 3. The molecule has 3 aromatic heterocycles. The summed E-state index contributed by atoms with van der Waals surface area (Å²) >= 11 is 0. The number of nitrogens with zero attached hydrogens (tertiary/aromatic N) is 6. The second-order valence-corrected chi connectivity index (χ2v) is 8.05. The van der Waals surface area contributed by atoms with Crippen molar-refractivity contribution in [3.05, 3.63) is 82.7 Å². The lowest BCUT2D eigenvalue weighted by Gasteiger charge is -2.28. The molecule has 13 heteroatoms. The molecule has 0 spiro atoms. The van der Waals surface area contributed by atoms with E-state index in [1.165, 1.54) is 30.5 Å². The first kappa shape index (κ1) is 24.3. The quantitative estimate of drug-likeness (QED) is 0.403. The highest BCUT2D eigenvalue weighted by Gasteiger charge is 2.30. The normalized spacial score (nSPS) is 14.0. The minimum atomic E-state index is -4.45. The smallest absolute Gasteiger partial charge is 0.378 e. The molecule has 5 rings (SSSR count). The number of alkyl halides is 3. The number of benzene rings is 1. The van der Waals surface area contributed by atoms with Gasteiger partial charge in [0.2, 0.25) is 0 Å². The van der Waals surface area contributed by atoms with E-state index in [1.54, 1.807) is 17.0 Å². The van der Waals surface area contributed by atoms with Crippen LogP contribution in [-0.2, 0) is 10.9 Å². The fraction of sp³-hybridized carbons (Fsp3) is 0.208. The highest BCUT2D eigenvalue weighted by atomic mass is 19.4. The average Bonchev–Trinajstić information content (AvgIpc) is 2.90. The summed E-state index contributed by atoms with van der Waals surface area (Å²) in [6.07, 6.45) is -2.04. The monoisotopic (exact) mass is 513 g/mol. The van der Waals surface area contributed by atoms with Gasteiger partial charge in [0, 0.05) is 24.8 Å². The average molecular weight is 513 g/mol. The number of ether oxygens (including phenoxy) is 1. The first-order valence-corrected chi connectivity index (χ1v) is 11.1. The SMILES string of the molecule is O=c1ccc(-c2ccc(Nc3cccc(C(F)(F)F)c3)cn2)nn1-c1ncc(F)c(N2CCOCC2)n1. The van der Waals surface area contributed by atoms with Gasteiger partial charge in [-0.3, -0.25) is 9.78 Å². The molecule has 1 aromatic carbocycles. The largest absolute Gasteiger partial charge is 0.416 e. The third-order valence-corrected chi connectivity index (χ3v) is 5.52. The van der Waals surface area contributed by atoms with E-state index in [9.17, 15) is 22.4 Å². The Bertz CT molecular complexity index is 1470. The molecule has 0 bridgehead atoms. The van der Waals surface area contributed by atoms with E-state index in [0.29, 0.717) is 43.4 Å². The number of nitrogens with one attached hydrogen (secondary N) is 1. The molecular formula is C24H19F4N7O2. The topological polar surface area (TPSA) is 98.1 Å². The van der Waals surface area contributed by atoms with Crippen molar-refractivity contribution >= 4 is 17.2 Å². The Morgan fingerprint density at radius 1 is 0.919 bits per heavy atom. The van der Waals surface area contributed by atoms with E-state index in [-0.39, 0.29) is 17.5 Å². The molecule has 1 aliphatic rings. The Morgan fingerprint density at radius 2 is 1.70 bits per heavy atom. The molecule has 0 radical (unpaired) electrons. The van der Waals surface area contributed by atoms with Gasteiger partial charge in [-0.2, -0.15) is 27.9 Å². The van der Waals surface area contributed by atoms with Crippen LogP contribution >= 0.6 is 0 Å². The Hall–Kier alpha value is -4.39. The number of hydrogen-bond acceptors (Lipinski definition) is 8. The lowest BCUT2D eigenvalue weighted by Crippen LogP contribution is -2.37. The zero-order valence-corrected chi connectivity index (χ0v) is 19.1. The fourth-order valence-electron chi connectivity index (χ4n) is 3.70. The van der Waals surface area contributed by atoms with Crippen LogP contribution in [0.4, 0.5) is 34.8 Å². The molecule has 190 valence electrons. The maximum absolute atomic E-state index is 14.4. The van der Waals surface area contributed by atoms with Crippen molar-refractivity contribution in [1.82, 2.24) is 24.7 Å². The predicted molar refractivity (Wildman–Crippen MR) is 126 cm³/mol. The van der Waals surface area contributed by atoms with Gasteiger partial charge in [-0.25, -0.2) is 9.37 Å². The van der Waals surface area contributed by atoms with Crippen molar-refractivity contribution in [3.63, 3.8) is 0 Å². The van der Waals surface area contributed by atoms with E-state index in [2.05, 4.69) is 25.4 Å². The number of hydrogen-bond donors (Lipinski definition) is 1. The van der Waals surface area contributed by atoms with Crippen LogP contribution in [-0.4, -0.2) is 51.0 Å². The summed E-state index contributed by atoms with van der Waals surface area (Å²) in [7, 11) is 0. The zero-order valence-electron chi connectivity index (χ0n) is 19.1. The zero-order chi connectivity index (χ0) is 26.0. The number of rotatable bonds is 5. The number of aromatic nitrogens is 5. The third kappa shape index (κ3) is 5.40. The summed E-state index contributed by atoms with van der Waals surface area (Å²) in [6, 6.07) is 10.7. The molecule has 4 heterocycles. The van der Waals surface area contributed by atoms with Crippen molar-refractivity contribution in [2.75, 3.05) is 36.5 Å². The van der Waals surface area contributed by atoms with Crippen molar-refractivity contribution < 1.29 is 22.3 Å². The molecule has 0 unspecified atom stereocenters. The summed E-state index contributed by atoms with van der Waals surface area (Å²) in [5.74, 6) is -0.673. The van der Waals surface area contributed by atoms with Gasteiger partial charge in [0.05, 0.1) is 42.6 Å². The van der Waals surface area contributed by atoms with Gasteiger partial charge in [-0.15, -0.1) is 0 Å². The van der Waals surface area contributed by atoms with Crippen LogP contribution in [0.25, 0.3) is 17.3 Å². The molecule has 1 aliphatic heterocycles. The summed E-state index contributed by atoms with van der Waals surface area (Å²) in [6.45, 7) is 1.74. The molecular weight excluding hydrogens is 494 g/mol. The molecule has 1 N–H and O–H groups in total. The lowest BCUT2D eigenvalue weighted by molar-refractivity contribution is -0.137. The molecule has 37 heavy (non-hydrogen) atoms. The van der Waals surface area contributed by atoms with Crippen molar-refractivity contribution in [2.24, 2.45) is 0 Å². The molecule has 0 amide bonds. The molecule has 9 nitrogen and oxygen atoms in total. The van der Waals surface area contributed by atoms with Crippen molar-refractivity contribution in [2.45, 2.75) is 6.18 Å². The Labute approximate surface area is 207 Å². The van der Waals surface area contributed by atoms with Gasteiger partial charge < -0.3 is 15.0 Å². The first-order valence-electron chi connectivity index (χ1n) is 11.1. The molecule has 1 saturated heterocycles. The highest BCUT2D eigenvalue weighted by molar-refractivity contribution is 5.63. The van der Waals surface area contributed by atoms with Gasteiger partial charge >= 0.3 is 6.18 Å². The number of pyridine rings is 1.